The van der Waals surface area contributed by atoms with Gasteiger partial charge in [-0.05, 0) is 12.1 Å². The number of benzene rings is 1. The summed E-state index contributed by atoms with van der Waals surface area (Å²) in [4.78, 5) is 0. The molecule has 1 aromatic carbocycles. The summed E-state index contributed by atoms with van der Waals surface area (Å²) in [5.41, 5.74) is 11.8. The lowest BCUT2D eigenvalue weighted by Gasteiger charge is -2.09. The monoisotopic (exact) mass is 184 g/mol. The van der Waals surface area contributed by atoms with Crippen molar-refractivity contribution in [2.24, 2.45) is 11.5 Å². The summed E-state index contributed by atoms with van der Waals surface area (Å²) in [5, 5.41) is 0. The van der Waals surface area contributed by atoms with Crippen molar-refractivity contribution < 1.29 is 9.13 Å². The number of hydrogen-bond donors (Lipinski definition) is 2. The molecule has 0 aliphatic rings. The third-order valence-corrected chi connectivity index (χ3v) is 1.89. The number of rotatable bonds is 3. The summed E-state index contributed by atoms with van der Waals surface area (Å²) < 4.78 is 18.2. The Bertz CT molecular complexity index is 302. The van der Waals surface area contributed by atoms with Gasteiger partial charge in [0.25, 0.3) is 0 Å². The van der Waals surface area contributed by atoms with Crippen LogP contribution in [0.15, 0.2) is 12.1 Å². The SMILES string of the molecule is COc1cc(CN)c(F)cc1CN. The molecule has 0 aliphatic carbocycles. The molecule has 0 radical (unpaired) electrons. The Labute approximate surface area is 76.5 Å². The van der Waals surface area contributed by atoms with Gasteiger partial charge in [0.2, 0.25) is 0 Å². The Balaban J connectivity index is 3.18. The number of ether oxygens (including phenoxy) is 1. The maximum atomic E-state index is 13.2. The zero-order valence-electron chi connectivity index (χ0n) is 7.51. The second-order valence-corrected chi connectivity index (χ2v) is 2.66. The molecular formula is C9H13FN2O. The molecule has 0 unspecified atom stereocenters. The fourth-order valence-electron chi connectivity index (χ4n) is 1.14. The third-order valence-electron chi connectivity index (χ3n) is 1.89. The Morgan fingerprint density at radius 2 is 1.85 bits per heavy atom. The number of halogens is 1. The van der Waals surface area contributed by atoms with Crippen LogP contribution in [-0.2, 0) is 13.1 Å². The lowest BCUT2D eigenvalue weighted by molar-refractivity contribution is 0.407. The van der Waals surface area contributed by atoms with Crippen LogP contribution in [0.4, 0.5) is 4.39 Å². The van der Waals surface area contributed by atoms with Crippen molar-refractivity contribution in [1.29, 1.82) is 0 Å². The van der Waals surface area contributed by atoms with E-state index >= 15 is 0 Å². The minimum atomic E-state index is -0.330. The van der Waals surface area contributed by atoms with Crippen molar-refractivity contribution in [3.8, 4) is 5.75 Å². The molecule has 72 valence electrons. The van der Waals surface area contributed by atoms with Crippen molar-refractivity contribution in [3.63, 3.8) is 0 Å². The Kier molecular flexibility index (Phi) is 3.22. The molecule has 0 heterocycles. The topological polar surface area (TPSA) is 61.3 Å². The number of nitrogens with two attached hydrogens (primary N) is 2. The molecule has 0 saturated carbocycles. The Morgan fingerprint density at radius 1 is 1.23 bits per heavy atom. The molecule has 0 aliphatic heterocycles. The Morgan fingerprint density at radius 3 is 2.31 bits per heavy atom. The summed E-state index contributed by atoms with van der Waals surface area (Å²) in [5.74, 6) is 0.258. The predicted molar refractivity (Wildman–Crippen MR) is 48.7 cm³/mol. The van der Waals surface area contributed by atoms with Gasteiger partial charge < -0.3 is 16.2 Å². The van der Waals surface area contributed by atoms with Crippen LogP contribution in [0.25, 0.3) is 0 Å². The maximum Gasteiger partial charge on any atom is 0.128 e. The fourth-order valence-corrected chi connectivity index (χ4v) is 1.14. The molecule has 4 N–H and O–H groups in total. The predicted octanol–water partition coefficient (Wildman–Crippen LogP) is 0.752. The van der Waals surface area contributed by atoms with Gasteiger partial charge in [0.15, 0.2) is 0 Å². The van der Waals surface area contributed by atoms with Crippen LogP contribution in [0.1, 0.15) is 11.1 Å². The molecule has 13 heavy (non-hydrogen) atoms. The molecule has 1 aromatic rings. The molecule has 0 amide bonds. The van der Waals surface area contributed by atoms with E-state index in [0.717, 1.165) is 0 Å². The lowest BCUT2D eigenvalue weighted by atomic mass is 10.1. The van der Waals surface area contributed by atoms with E-state index in [2.05, 4.69) is 0 Å². The summed E-state index contributed by atoms with van der Waals surface area (Å²) in [7, 11) is 1.52. The average molecular weight is 184 g/mol. The molecular weight excluding hydrogens is 171 g/mol. The zero-order chi connectivity index (χ0) is 9.84. The first-order valence-corrected chi connectivity index (χ1v) is 3.98. The van der Waals surface area contributed by atoms with Gasteiger partial charge >= 0.3 is 0 Å². The maximum absolute atomic E-state index is 13.2. The van der Waals surface area contributed by atoms with E-state index in [4.69, 9.17) is 16.2 Å². The van der Waals surface area contributed by atoms with Crippen LogP contribution < -0.4 is 16.2 Å². The van der Waals surface area contributed by atoms with Crippen molar-refractivity contribution in [2.75, 3.05) is 7.11 Å². The van der Waals surface area contributed by atoms with Gasteiger partial charge in [-0.15, -0.1) is 0 Å². The van der Waals surface area contributed by atoms with Gasteiger partial charge in [-0.25, -0.2) is 4.39 Å². The fraction of sp³-hybridized carbons (Fsp3) is 0.333. The Hall–Kier alpha value is -1.13. The number of methoxy groups -OCH3 is 1. The highest BCUT2D eigenvalue weighted by molar-refractivity contribution is 5.38. The van der Waals surface area contributed by atoms with Gasteiger partial charge in [0, 0.05) is 24.2 Å². The first-order valence-electron chi connectivity index (χ1n) is 3.98. The molecule has 0 spiro atoms. The van der Waals surface area contributed by atoms with Gasteiger partial charge in [-0.3, -0.25) is 0 Å². The summed E-state index contributed by atoms with van der Waals surface area (Å²) in [6.45, 7) is 0.415. The van der Waals surface area contributed by atoms with E-state index in [1.165, 1.54) is 13.2 Å². The standard InChI is InChI=1S/C9H13FN2O/c1-13-9-3-6(4-11)8(10)2-7(9)5-12/h2-3H,4-5,11-12H2,1H3. The van der Waals surface area contributed by atoms with Gasteiger partial charge in [0.05, 0.1) is 7.11 Å². The molecule has 0 saturated heterocycles. The van der Waals surface area contributed by atoms with Gasteiger partial charge in [0.1, 0.15) is 11.6 Å². The second-order valence-electron chi connectivity index (χ2n) is 2.66. The van der Waals surface area contributed by atoms with Crippen molar-refractivity contribution in [2.45, 2.75) is 13.1 Å². The van der Waals surface area contributed by atoms with Crippen LogP contribution in [0.5, 0.6) is 5.75 Å². The van der Waals surface area contributed by atoms with Gasteiger partial charge in [-0.1, -0.05) is 0 Å². The van der Waals surface area contributed by atoms with Crippen molar-refractivity contribution in [1.82, 2.24) is 0 Å². The molecule has 0 bridgehead atoms. The van der Waals surface area contributed by atoms with Crippen molar-refractivity contribution in [3.05, 3.63) is 29.1 Å². The van der Waals surface area contributed by atoms with Gasteiger partial charge in [-0.2, -0.15) is 0 Å². The quantitative estimate of drug-likeness (QED) is 0.728. The normalized spacial score (nSPS) is 10.2. The van der Waals surface area contributed by atoms with E-state index in [9.17, 15) is 4.39 Å². The first kappa shape index (κ1) is 9.95. The summed E-state index contributed by atoms with van der Waals surface area (Å²) in [6, 6.07) is 2.94. The molecule has 0 aromatic heterocycles. The van der Waals surface area contributed by atoms with Crippen LogP contribution in [0.3, 0.4) is 0 Å². The summed E-state index contributed by atoms with van der Waals surface area (Å²) in [6.07, 6.45) is 0. The van der Waals surface area contributed by atoms with E-state index in [1.807, 2.05) is 0 Å². The molecule has 4 heteroatoms. The molecule has 0 atom stereocenters. The van der Waals surface area contributed by atoms with E-state index in [-0.39, 0.29) is 18.9 Å². The highest BCUT2D eigenvalue weighted by Crippen LogP contribution is 2.22. The summed E-state index contributed by atoms with van der Waals surface area (Å²) >= 11 is 0. The van der Waals surface area contributed by atoms with Crippen LogP contribution in [0.2, 0.25) is 0 Å². The largest absolute Gasteiger partial charge is 0.496 e. The van der Waals surface area contributed by atoms with Crippen LogP contribution in [-0.4, -0.2) is 7.11 Å². The first-order chi connectivity index (χ1) is 6.22. The molecule has 0 fully saturated rings. The second kappa shape index (κ2) is 4.20. The van der Waals surface area contributed by atoms with E-state index in [0.29, 0.717) is 16.9 Å². The van der Waals surface area contributed by atoms with Crippen LogP contribution in [0, 0.1) is 5.82 Å². The lowest BCUT2D eigenvalue weighted by Crippen LogP contribution is -2.05. The highest BCUT2D eigenvalue weighted by Gasteiger charge is 2.07. The average Bonchev–Trinajstić information content (AvgIpc) is 2.17. The molecule has 3 nitrogen and oxygen atoms in total. The smallest absolute Gasteiger partial charge is 0.128 e. The highest BCUT2D eigenvalue weighted by atomic mass is 19.1. The zero-order valence-corrected chi connectivity index (χ0v) is 7.51. The number of hydrogen-bond acceptors (Lipinski definition) is 3. The minimum absolute atomic E-state index is 0.160. The third kappa shape index (κ3) is 1.96. The minimum Gasteiger partial charge on any atom is -0.496 e. The molecule has 1 rings (SSSR count). The van der Waals surface area contributed by atoms with Crippen molar-refractivity contribution >= 4 is 0 Å². The van der Waals surface area contributed by atoms with E-state index < -0.39 is 0 Å². The van der Waals surface area contributed by atoms with E-state index in [1.54, 1.807) is 6.07 Å². The van der Waals surface area contributed by atoms with Crippen LogP contribution >= 0.6 is 0 Å².